The highest BCUT2D eigenvalue weighted by Crippen LogP contribution is 2.11. The average molecular weight is 473 g/mol. The van der Waals surface area contributed by atoms with Crippen molar-refractivity contribution in [3.05, 3.63) is 0 Å². The van der Waals surface area contributed by atoms with Gasteiger partial charge in [-0.1, -0.05) is 83.5 Å². The maximum atomic E-state index is 11.7. The molecule has 0 spiro atoms. The number of rotatable bonds is 26. The molecule has 0 aliphatic carbocycles. The van der Waals surface area contributed by atoms with E-state index in [2.05, 4.69) is 0 Å². The number of hydrogen-bond acceptors (Lipinski definition) is 6. The van der Waals surface area contributed by atoms with Crippen molar-refractivity contribution in [2.75, 3.05) is 26.4 Å². The first-order valence-electron chi connectivity index (χ1n) is 13.7. The number of hydrogen-bond donors (Lipinski definition) is 2. The van der Waals surface area contributed by atoms with Gasteiger partial charge in [-0.05, 0) is 38.5 Å². The van der Waals surface area contributed by atoms with Gasteiger partial charge in [0, 0.05) is 26.1 Å². The Kier molecular flexibility index (Phi) is 26.2. The molecule has 0 radical (unpaired) electrons. The van der Waals surface area contributed by atoms with E-state index in [9.17, 15) is 9.59 Å². The number of aliphatic hydroxyl groups is 2. The van der Waals surface area contributed by atoms with Gasteiger partial charge in [0.05, 0.1) is 13.2 Å². The summed E-state index contributed by atoms with van der Waals surface area (Å²) in [6.07, 6.45) is 20.9. The minimum absolute atomic E-state index is 0.0910. The van der Waals surface area contributed by atoms with Gasteiger partial charge in [0.15, 0.2) is 0 Å². The molecule has 0 saturated heterocycles. The van der Waals surface area contributed by atoms with Crippen molar-refractivity contribution < 1.29 is 29.3 Å². The molecule has 0 unspecified atom stereocenters. The molecular formula is C27H52O6. The first kappa shape index (κ1) is 31.9. The third kappa shape index (κ3) is 27.0. The van der Waals surface area contributed by atoms with Crippen LogP contribution in [0.4, 0.5) is 0 Å². The number of unbranched alkanes of at least 4 members (excludes halogenated alkanes) is 16. The number of esters is 2. The molecular weight excluding hydrogens is 420 g/mol. The molecule has 0 bridgehead atoms. The van der Waals surface area contributed by atoms with Crippen molar-refractivity contribution in [3.8, 4) is 0 Å². The van der Waals surface area contributed by atoms with Crippen molar-refractivity contribution in [1.29, 1.82) is 0 Å². The van der Waals surface area contributed by atoms with E-state index in [0.29, 0.717) is 39.3 Å². The smallest absolute Gasteiger partial charge is 0.305 e. The summed E-state index contributed by atoms with van der Waals surface area (Å²) < 4.78 is 10.6. The van der Waals surface area contributed by atoms with E-state index >= 15 is 0 Å². The zero-order valence-electron chi connectivity index (χ0n) is 21.2. The Hall–Kier alpha value is -1.14. The maximum Gasteiger partial charge on any atom is 0.305 e. The summed E-state index contributed by atoms with van der Waals surface area (Å²) in [6.45, 7) is 1.64. The van der Waals surface area contributed by atoms with Crippen LogP contribution in [0.3, 0.4) is 0 Å². The molecule has 196 valence electrons. The van der Waals surface area contributed by atoms with Crippen molar-refractivity contribution in [2.24, 2.45) is 0 Å². The molecule has 0 rings (SSSR count). The second kappa shape index (κ2) is 27.1. The van der Waals surface area contributed by atoms with Crippen LogP contribution in [-0.2, 0) is 19.1 Å². The monoisotopic (exact) mass is 472 g/mol. The largest absolute Gasteiger partial charge is 0.466 e. The van der Waals surface area contributed by atoms with E-state index in [1.165, 1.54) is 38.5 Å². The molecule has 0 atom stereocenters. The molecule has 0 aromatic heterocycles. The Morgan fingerprint density at radius 1 is 0.394 bits per heavy atom. The van der Waals surface area contributed by atoms with Gasteiger partial charge in [0.25, 0.3) is 0 Å². The van der Waals surface area contributed by atoms with Crippen LogP contribution in [0, 0.1) is 0 Å². The van der Waals surface area contributed by atoms with Gasteiger partial charge in [-0.25, -0.2) is 0 Å². The molecule has 0 aliphatic rings. The summed E-state index contributed by atoms with van der Waals surface area (Å²) in [7, 11) is 0. The van der Waals surface area contributed by atoms with Gasteiger partial charge in [0.2, 0.25) is 0 Å². The minimum Gasteiger partial charge on any atom is -0.466 e. The second-order valence-electron chi connectivity index (χ2n) is 9.11. The van der Waals surface area contributed by atoms with E-state index in [-0.39, 0.29) is 11.9 Å². The van der Waals surface area contributed by atoms with E-state index in [1.807, 2.05) is 0 Å². The predicted molar refractivity (Wildman–Crippen MR) is 133 cm³/mol. The van der Waals surface area contributed by atoms with E-state index in [0.717, 1.165) is 83.5 Å². The Labute approximate surface area is 202 Å². The highest BCUT2D eigenvalue weighted by atomic mass is 16.5. The van der Waals surface area contributed by atoms with Crippen LogP contribution >= 0.6 is 0 Å². The summed E-state index contributed by atoms with van der Waals surface area (Å²) in [6, 6.07) is 0. The van der Waals surface area contributed by atoms with Gasteiger partial charge in [0.1, 0.15) is 0 Å². The fourth-order valence-corrected chi connectivity index (χ4v) is 3.78. The first-order valence-corrected chi connectivity index (χ1v) is 13.7. The Balaban J connectivity index is 3.26. The quantitative estimate of drug-likeness (QED) is 0.114. The molecule has 6 nitrogen and oxygen atoms in total. The van der Waals surface area contributed by atoms with Crippen molar-refractivity contribution >= 4 is 11.9 Å². The molecule has 0 heterocycles. The van der Waals surface area contributed by atoms with Crippen LogP contribution < -0.4 is 0 Å². The zero-order valence-corrected chi connectivity index (χ0v) is 21.2. The van der Waals surface area contributed by atoms with Crippen LogP contribution in [0.5, 0.6) is 0 Å². The number of aliphatic hydroxyl groups excluding tert-OH is 2. The van der Waals surface area contributed by atoms with Crippen LogP contribution in [-0.4, -0.2) is 48.6 Å². The van der Waals surface area contributed by atoms with E-state index in [1.54, 1.807) is 0 Å². The summed E-state index contributed by atoms with van der Waals surface area (Å²) in [4.78, 5) is 23.5. The summed E-state index contributed by atoms with van der Waals surface area (Å²) >= 11 is 0. The highest BCUT2D eigenvalue weighted by molar-refractivity contribution is 5.69. The zero-order chi connectivity index (χ0) is 24.2. The standard InChI is InChI=1S/C27H52O6/c28-22-16-10-3-1-5-12-18-24-32-26(30)20-14-8-7-9-15-21-27(31)33-25-19-13-6-2-4-11-17-23-29/h28-29H,1-25H2. The van der Waals surface area contributed by atoms with E-state index in [4.69, 9.17) is 19.7 Å². The topological polar surface area (TPSA) is 93.1 Å². The fraction of sp³-hybridized carbons (Fsp3) is 0.926. The number of ether oxygens (including phenoxy) is 2. The Bertz CT molecular complexity index is 389. The van der Waals surface area contributed by atoms with Crippen molar-refractivity contribution in [2.45, 2.75) is 135 Å². The van der Waals surface area contributed by atoms with Crippen LogP contribution in [0.25, 0.3) is 0 Å². The first-order chi connectivity index (χ1) is 16.2. The number of carbonyl (C=O) groups is 2. The normalized spacial score (nSPS) is 11.0. The second-order valence-corrected chi connectivity index (χ2v) is 9.11. The highest BCUT2D eigenvalue weighted by Gasteiger charge is 2.04. The lowest BCUT2D eigenvalue weighted by molar-refractivity contribution is -0.144. The van der Waals surface area contributed by atoms with Crippen LogP contribution in [0.15, 0.2) is 0 Å². The summed E-state index contributed by atoms with van der Waals surface area (Å²) in [5, 5.41) is 17.4. The lowest BCUT2D eigenvalue weighted by Crippen LogP contribution is -2.06. The third-order valence-electron chi connectivity index (χ3n) is 5.89. The number of carbonyl (C=O) groups excluding carboxylic acids is 2. The van der Waals surface area contributed by atoms with Crippen LogP contribution in [0.1, 0.15) is 135 Å². The third-order valence-corrected chi connectivity index (χ3v) is 5.89. The lowest BCUT2D eigenvalue weighted by atomic mass is 10.1. The predicted octanol–water partition coefficient (Wildman–Crippen LogP) is 6.25. The fourth-order valence-electron chi connectivity index (χ4n) is 3.78. The van der Waals surface area contributed by atoms with Gasteiger partial charge in [-0.3, -0.25) is 9.59 Å². The molecule has 6 heteroatoms. The molecule has 0 aromatic rings. The minimum atomic E-state index is -0.0910. The Morgan fingerprint density at radius 3 is 1.00 bits per heavy atom. The molecule has 0 amide bonds. The van der Waals surface area contributed by atoms with Gasteiger partial charge >= 0.3 is 11.9 Å². The molecule has 0 aliphatic heterocycles. The van der Waals surface area contributed by atoms with Gasteiger partial charge < -0.3 is 19.7 Å². The molecule has 0 saturated carbocycles. The van der Waals surface area contributed by atoms with Crippen LogP contribution in [0.2, 0.25) is 0 Å². The Morgan fingerprint density at radius 2 is 0.667 bits per heavy atom. The van der Waals surface area contributed by atoms with Crippen molar-refractivity contribution in [1.82, 2.24) is 0 Å². The average Bonchev–Trinajstić information content (AvgIpc) is 2.81. The molecule has 2 N–H and O–H groups in total. The maximum absolute atomic E-state index is 11.7. The van der Waals surface area contributed by atoms with Gasteiger partial charge in [-0.15, -0.1) is 0 Å². The lowest BCUT2D eigenvalue weighted by Gasteiger charge is -2.06. The summed E-state index contributed by atoms with van der Waals surface area (Å²) in [5.41, 5.74) is 0. The van der Waals surface area contributed by atoms with Crippen molar-refractivity contribution in [3.63, 3.8) is 0 Å². The SMILES string of the molecule is O=C(CCCCCCCC(=O)OCCCCCCCCCO)OCCCCCCCCCO. The van der Waals surface area contributed by atoms with Gasteiger partial charge in [-0.2, -0.15) is 0 Å². The molecule has 0 aromatic carbocycles. The molecule has 0 fully saturated rings. The van der Waals surface area contributed by atoms with E-state index < -0.39 is 0 Å². The molecule has 33 heavy (non-hydrogen) atoms. The summed E-state index contributed by atoms with van der Waals surface area (Å²) in [5.74, 6) is -0.182.